The molecule has 0 saturated heterocycles. The molecular formula is C18H23N3O3S. The molecule has 0 saturated carbocycles. The molecule has 0 aliphatic rings. The zero-order chi connectivity index (χ0) is 18.3. The van der Waals surface area contributed by atoms with Gasteiger partial charge in [0.05, 0.1) is 4.90 Å². The molecule has 0 aliphatic carbocycles. The number of carbonyl (C=O) groups is 1. The Labute approximate surface area is 148 Å². The average Bonchev–Trinajstić information content (AvgIpc) is 2.62. The molecule has 7 heteroatoms. The summed E-state index contributed by atoms with van der Waals surface area (Å²) in [5.41, 5.74) is 1.32. The third-order valence-electron chi connectivity index (χ3n) is 3.79. The van der Waals surface area contributed by atoms with E-state index < -0.39 is 10.0 Å². The van der Waals surface area contributed by atoms with Crippen LogP contribution in [0.25, 0.3) is 0 Å². The maximum atomic E-state index is 12.2. The number of hydrogen-bond acceptors (Lipinski definition) is 4. The fraction of sp³-hybridized carbons (Fsp3) is 0.333. The lowest BCUT2D eigenvalue weighted by Crippen LogP contribution is -2.32. The first-order valence-electron chi connectivity index (χ1n) is 8.23. The molecule has 2 rings (SSSR count). The normalized spacial score (nSPS) is 12.6. The zero-order valence-corrected chi connectivity index (χ0v) is 15.2. The zero-order valence-electron chi connectivity index (χ0n) is 14.4. The van der Waals surface area contributed by atoms with Crippen LogP contribution in [0.15, 0.2) is 53.6 Å². The lowest BCUT2D eigenvalue weighted by atomic mass is 10.2. The molecule has 1 aromatic carbocycles. The van der Waals surface area contributed by atoms with Crippen LogP contribution in [0.4, 0.5) is 0 Å². The number of sulfonamides is 1. The molecule has 1 amide bonds. The van der Waals surface area contributed by atoms with Gasteiger partial charge in [-0.05, 0) is 49.7 Å². The molecular weight excluding hydrogens is 338 g/mol. The number of carbonyl (C=O) groups excluding carboxylic acids is 1. The van der Waals surface area contributed by atoms with Crippen LogP contribution < -0.4 is 10.0 Å². The minimum absolute atomic E-state index is 0.139. The van der Waals surface area contributed by atoms with Gasteiger partial charge in [0.2, 0.25) is 10.0 Å². The van der Waals surface area contributed by atoms with E-state index in [4.69, 9.17) is 0 Å². The van der Waals surface area contributed by atoms with E-state index in [-0.39, 0.29) is 16.8 Å². The van der Waals surface area contributed by atoms with E-state index in [2.05, 4.69) is 15.0 Å². The summed E-state index contributed by atoms with van der Waals surface area (Å²) >= 11 is 0. The number of rotatable bonds is 8. The molecule has 0 fully saturated rings. The van der Waals surface area contributed by atoms with Gasteiger partial charge in [-0.2, -0.15) is 0 Å². The van der Waals surface area contributed by atoms with Crippen LogP contribution in [0, 0.1) is 0 Å². The van der Waals surface area contributed by atoms with Gasteiger partial charge in [-0.15, -0.1) is 0 Å². The summed E-state index contributed by atoms with van der Waals surface area (Å²) < 4.78 is 27.0. The van der Waals surface area contributed by atoms with E-state index in [1.54, 1.807) is 13.1 Å². The van der Waals surface area contributed by atoms with E-state index in [0.717, 1.165) is 5.69 Å². The minimum atomic E-state index is -3.56. The summed E-state index contributed by atoms with van der Waals surface area (Å²) in [6, 6.07) is 11.4. The number of hydrogen-bond donors (Lipinski definition) is 2. The number of nitrogens with zero attached hydrogens (tertiary/aromatic N) is 1. The quantitative estimate of drug-likeness (QED) is 0.754. The molecule has 1 heterocycles. The Kier molecular flexibility index (Phi) is 6.66. The predicted octanol–water partition coefficient (Wildman–Crippen LogP) is 2.13. The standard InChI is InChI=1S/C18H23N3O3S/c1-3-14(2)21-25(23,24)17-9-7-15(8-10-17)18(22)20-13-11-16-6-4-5-12-19-16/h4-10,12,14,21H,3,11,13H2,1-2H3,(H,20,22). The Morgan fingerprint density at radius 3 is 2.48 bits per heavy atom. The Balaban J connectivity index is 1.93. The molecule has 1 aromatic heterocycles. The molecule has 134 valence electrons. The van der Waals surface area contributed by atoms with E-state index in [1.165, 1.54) is 24.3 Å². The van der Waals surface area contributed by atoms with Crippen LogP contribution in [-0.4, -0.2) is 31.9 Å². The third-order valence-corrected chi connectivity index (χ3v) is 5.39. The highest BCUT2D eigenvalue weighted by Crippen LogP contribution is 2.11. The largest absolute Gasteiger partial charge is 0.352 e. The Hall–Kier alpha value is -2.25. The average molecular weight is 361 g/mol. The summed E-state index contributed by atoms with van der Waals surface area (Å²) in [7, 11) is -3.56. The van der Waals surface area contributed by atoms with Gasteiger partial charge in [0, 0.05) is 36.5 Å². The van der Waals surface area contributed by atoms with Crippen molar-refractivity contribution >= 4 is 15.9 Å². The van der Waals surface area contributed by atoms with Gasteiger partial charge >= 0.3 is 0 Å². The highest BCUT2D eigenvalue weighted by molar-refractivity contribution is 7.89. The van der Waals surface area contributed by atoms with E-state index in [9.17, 15) is 13.2 Å². The van der Waals surface area contributed by atoms with Gasteiger partial charge < -0.3 is 5.32 Å². The molecule has 2 aromatic rings. The smallest absolute Gasteiger partial charge is 0.251 e. The minimum Gasteiger partial charge on any atom is -0.352 e. The fourth-order valence-electron chi connectivity index (χ4n) is 2.15. The summed E-state index contributed by atoms with van der Waals surface area (Å²) in [5.74, 6) is -0.241. The van der Waals surface area contributed by atoms with Gasteiger partial charge in [0.1, 0.15) is 0 Å². The van der Waals surface area contributed by atoms with Crippen molar-refractivity contribution in [3.05, 3.63) is 59.9 Å². The number of aromatic nitrogens is 1. The molecule has 0 aliphatic heterocycles. The number of amides is 1. The molecule has 0 spiro atoms. The molecule has 0 bridgehead atoms. The van der Waals surface area contributed by atoms with Gasteiger partial charge in [-0.1, -0.05) is 13.0 Å². The number of benzene rings is 1. The van der Waals surface area contributed by atoms with E-state index in [0.29, 0.717) is 24.9 Å². The topological polar surface area (TPSA) is 88.2 Å². The van der Waals surface area contributed by atoms with Crippen molar-refractivity contribution in [1.82, 2.24) is 15.0 Å². The second kappa shape index (κ2) is 8.73. The van der Waals surface area contributed by atoms with Crippen LogP contribution >= 0.6 is 0 Å². The van der Waals surface area contributed by atoms with Crippen LogP contribution in [0.5, 0.6) is 0 Å². The highest BCUT2D eigenvalue weighted by Gasteiger charge is 2.17. The lowest BCUT2D eigenvalue weighted by molar-refractivity contribution is 0.0954. The Morgan fingerprint density at radius 2 is 1.88 bits per heavy atom. The SMILES string of the molecule is CCC(C)NS(=O)(=O)c1ccc(C(=O)NCCc2ccccn2)cc1. The second-order valence-electron chi connectivity index (χ2n) is 5.78. The highest BCUT2D eigenvalue weighted by atomic mass is 32.2. The first kappa shape index (κ1) is 19.1. The van der Waals surface area contributed by atoms with Gasteiger partial charge in [-0.3, -0.25) is 9.78 Å². The summed E-state index contributed by atoms with van der Waals surface area (Å²) in [6.07, 6.45) is 3.05. The van der Waals surface area contributed by atoms with Crippen molar-refractivity contribution < 1.29 is 13.2 Å². The molecule has 25 heavy (non-hydrogen) atoms. The van der Waals surface area contributed by atoms with Gasteiger partial charge in [0.25, 0.3) is 5.91 Å². The maximum Gasteiger partial charge on any atom is 0.251 e. The van der Waals surface area contributed by atoms with Crippen molar-refractivity contribution in [3.63, 3.8) is 0 Å². The van der Waals surface area contributed by atoms with Crippen molar-refractivity contribution in [1.29, 1.82) is 0 Å². The van der Waals surface area contributed by atoms with Crippen molar-refractivity contribution in [3.8, 4) is 0 Å². The van der Waals surface area contributed by atoms with Crippen LogP contribution in [0.2, 0.25) is 0 Å². The monoisotopic (exact) mass is 361 g/mol. The first-order chi connectivity index (χ1) is 11.9. The van der Waals surface area contributed by atoms with Crippen molar-refractivity contribution in [2.45, 2.75) is 37.6 Å². The molecule has 2 N–H and O–H groups in total. The van der Waals surface area contributed by atoms with Crippen LogP contribution in [0.3, 0.4) is 0 Å². The molecule has 6 nitrogen and oxygen atoms in total. The first-order valence-corrected chi connectivity index (χ1v) is 9.71. The van der Waals surface area contributed by atoms with Gasteiger partial charge in [0.15, 0.2) is 0 Å². The third kappa shape index (κ3) is 5.65. The summed E-state index contributed by atoms with van der Waals surface area (Å²) in [6.45, 7) is 4.18. The van der Waals surface area contributed by atoms with E-state index in [1.807, 2.05) is 25.1 Å². The lowest BCUT2D eigenvalue weighted by Gasteiger charge is -2.12. The fourth-order valence-corrected chi connectivity index (χ4v) is 3.48. The van der Waals surface area contributed by atoms with Gasteiger partial charge in [-0.25, -0.2) is 13.1 Å². The van der Waals surface area contributed by atoms with Crippen LogP contribution in [-0.2, 0) is 16.4 Å². The number of nitrogens with one attached hydrogen (secondary N) is 2. The summed E-state index contributed by atoms with van der Waals surface area (Å²) in [4.78, 5) is 16.5. The maximum absolute atomic E-state index is 12.2. The summed E-state index contributed by atoms with van der Waals surface area (Å²) in [5, 5.41) is 2.80. The van der Waals surface area contributed by atoms with E-state index >= 15 is 0 Å². The Morgan fingerprint density at radius 1 is 1.16 bits per heavy atom. The number of pyridine rings is 1. The molecule has 0 radical (unpaired) electrons. The molecule has 1 unspecified atom stereocenters. The second-order valence-corrected chi connectivity index (χ2v) is 7.50. The Bertz CT molecular complexity index is 790. The van der Waals surface area contributed by atoms with Crippen LogP contribution in [0.1, 0.15) is 36.3 Å². The molecule has 1 atom stereocenters. The van der Waals surface area contributed by atoms with Crippen molar-refractivity contribution in [2.75, 3.05) is 6.54 Å². The van der Waals surface area contributed by atoms with Crippen molar-refractivity contribution in [2.24, 2.45) is 0 Å². The predicted molar refractivity (Wildman–Crippen MR) is 96.8 cm³/mol.